The van der Waals surface area contributed by atoms with Crippen LogP contribution >= 0.6 is 0 Å². The standard InChI is InChI=1S/C16H21NO4/c1-3-17(9-8-15(18)19)16(20)14-10-13(14)11-4-6-12(21-2)7-5-11/h4-7,13-14H,3,8-10H2,1-2H3,(H,18,19). The molecule has 1 saturated carbocycles. The fraction of sp³-hybridized carbons (Fsp3) is 0.500. The van der Waals surface area contributed by atoms with Gasteiger partial charge < -0.3 is 14.7 Å². The average molecular weight is 291 g/mol. The number of rotatable bonds is 7. The lowest BCUT2D eigenvalue weighted by Gasteiger charge is -2.20. The number of carbonyl (C=O) groups excluding carboxylic acids is 1. The van der Waals surface area contributed by atoms with Crippen molar-refractivity contribution in [3.05, 3.63) is 29.8 Å². The maximum atomic E-state index is 12.4. The molecule has 1 aromatic carbocycles. The molecule has 1 aliphatic carbocycles. The number of aliphatic carboxylic acids is 1. The van der Waals surface area contributed by atoms with Gasteiger partial charge in [0.2, 0.25) is 5.91 Å². The summed E-state index contributed by atoms with van der Waals surface area (Å²) in [6.07, 6.45) is 0.842. The first kappa shape index (κ1) is 15.4. The number of nitrogens with zero attached hydrogens (tertiary/aromatic N) is 1. The first-order valence-corrected chi connectivity index (χ1v) is 7.21. The molecule has 21 heavy (non-hydrogen) atoms. The molecule has 1 aromatic rings. The largest absolute Gasteiger partial charge is 0.497 e. The van der Waals surface area contributed by atoms with E-state index >= 15 is 0 Å². The van der Waals surface area contributed by atoms with Crippen LogP contribution in [0.25, 0.3) is 0 Å². The molecular formula is C16H21NO4. The van der Waals surface area contributed by atoms with Crippen molar-refractivity contribution in [3.63, 3.8) is 0 Å². The van der Waals surface area contributed by atoms with Crippen LogP contribution < -0.4 is 4.74 Å². The SMILES string of the molecule is CCN(CCC(=O)O)C(=O)C1CC1c1ccc(OC)cc1. The van der Waals surface area contributed by atoms with Gasteiger partial charge in [-0.25, -0.2) is 0 Å². The Morgan fingerprint density at radius 2 is 2.00 bits per heavy atom. The zero-order valence-electron chi connectivity index (χ0n) is 12.4. The molecular weight excluding hydrogens is 270 g/mol. The second-order valence-electron chi connectivity index (χ2n) is 5.28. The van der Waals surface area contributed by atoms with Gasteiger partial charge in [-0.05, 0) is 37.0 Å². The van der Waals surface area contributed by atoms with E-state index in [1.807, 2.05) is 31.2 Å². The number of hydrogen-bond acceptors (Lipinski definition) is 3. The van der Waals surface area contributed by atoms with Crippen LogP contribution in [0.3, 0.4) is 0 Å². The molecule has 0 spiro atoms. The second-order valence-corrected chi connectivity index (χ2v) is 5.28. The average Bonchev–Trinajstić information content (AvgIpc) is 3.28. The van der Waals surface area contributed by atoms with Gasteiger partial charge in [0.05, 0.1) is 13.5 Å². The normalized spacial score (nSPS) is 19.9. The molecule has 2 atom stereocenters. The zero-order valence-corrected chi connectivity index (χ0v) is 12.4. The van der Waals surface area contributed by atoms with Crippen LogP contribution in [0.2, 0.25) is 0 Å². The highest BCUT2D eigenvalue weighted by Crippen LogP contribution is 2.48. The number of hydrogen-bond donors (Lipinski definition) is 1. The Bertz CT molecular complexity index is 512. The minimum atomic E-state index is -0.872. The smallest absolute Gasteiger partial charge is 0.305 e. The van der Waals surface area contributed by atoms with Gasteiger partial charge in [0.1, 0.15) is 5.75 Å². The molecule has 0 radical (unpaired) electrons. The van der Waals surface area contributed by atoms with Gasteiger partial charge in [0.15, 0.2) is 0 Å². The van der Waals surface area contributed by atoms with E-state index in [1.165, 1.54) is 0 Å². The van der Waals surface area contributed by atoms with E-state index in [9.17, 15) is 9.59 Å². The molecule has 5 heteroatoms. The first-order chi connectivity index (χ1) is 10.1. The van der Waals surface area contributed by atoms with Crippen molar-refractivity contribution >= 4 is 11.9 Å². The summed E-state index contributed by atoms with van der Waals surface area (Å²) in [6.45, 7) is 2.72. The highest BCUT2D eigenvalue weighted by molar-refractivity contribution is 5.83. The maximum absolute atomic E-state index is 12.4. The third-order valence-corrected chi connectivity index (χ3v) is 3.94. The van der Waals surface area contributed by atoms with Crippen LogP contribution in [0.15, 0.2) is 24.3 Å². The highest BCUT2D eigenvalue weighted by Gasteiger charge is 2.45. The molecule has 0 saturated heterocycles. The van der Waals surface area contributed by atoms with Crippen LogP contribution in [-0.4, -0.2) is 42.1 Å². The fourth-order valence-electron chi connectivity index (χ4n) is 2.58. The van der Waals surface area contributed by atoms with E-state index in [0.29, 0.717) is 6.54 Å². The van der Waals surface area contributed by atoms with Crippen LogP contribution in [0.5, 0.6) is 5.75 Å². The maximum Gasteiger partial charge on any atom is 0.305 e. The van der Waals surface area contributed by atoms with E-state index in [0.717, 1.165) is 17.7 Å². The summed E-state index contributed by atoms with van der Waals surface area (Å²) in [5.74, 6) is 0.247. The highest BCUT2D eigenvalue weighted by atomic mass is 16.5. The molecule has 1 aliphatic rings. The van der Waals surface area contributed by atoms with Crippen molar-refractivity contribution in [2.75, 3.05) is 20.2 Å². The van der Waals surface area contributed by atoms with Gasteiger partial charge in [-0.2, -0.15) is 0 Å². The van der Waals surface area contributed by atoms with Crippen molar-refractivity contribution in [3.8, 4) is 5.75 Å². The van der Waals surface area contributed by atoms with Gasteiger partial charge in [-0.1, -0.05) is 12.1 Å². The van der Waals surface area contributed by atoms with E-state index in [4.69, 9.17) is 9.84 Å². The Hall–Kier alpha value is -2.04. The summed E-state index contributed by atoms with van der Waals surface area (Å²) >= 11 is 0. The second kappa shape index (κ2) is 6.61. The van der Waals surface area contributed by atoms with Gasteiger partial charge >= 0.3 is 5.97 Å². The summed E-state index contributed by atoms with van der Waals surface area (Å²) in [5.41, 5.74) is 1.14. The molecule has 0 aromatic heterocycles. The Morgan fingerprint density at radius 3 is 2.52 bits per heavy atom. The van der Waals surface area contributed by atoms with Crippen molar-refractivity contribution in [1.82, 2.24) is 4.90 Å². The van der Waals surface area contributed by atoms with Gasteiger partial charge in [0.25, 0.3) is 0 Å². The van der Waals surface area contributed by atoms with Gasteiger partial charge in [-0.3, -0.25) is 9.59 Å². The molecule has 0 bridgehead atoms. The molecule has 2 rings (SSSR count). The molecule has 1 N–H and O–H groups in total. The summed E-state index contributed by atoms with van der Waals surface area (Å²) < 4.78 is 5.12. The lowest BCUT2D eigenvalue weighted by Crippen LogP contribution is -2.34. The Balaban J connectivity index is 1.93. The summed E-state index contributed by atoms with van der Waals surface area (Å²) in [7, 11) is 1.63. The number of carboxylic acids is 1. The third-order valence-electron chi connectivity index (χ3n) is 3.94. The molecule has 0 aliphatic heterocycles. The third kappa shape index (κ3) is 3.74. The summed E-state index contributed by atoms with van der Waals surface area (Å²) in [6, 6.07) is 7.78. The number of amides is 1. The number of methoxy groups -OCH3 is 1. The molecule has 1 fully saturated rings. The van der Waals surface area contributed by atoms with Gasteiger partial charge in [0, 0.05) is 19.0 Å². The number of benzene rings is 1. The lowest BCUT2D eigenvalue weighted by atomic mass is 10.1. The van der Waals surface area contributed by atoms with Crippen LogP contribution in [-0.2, 0) is 9.59 Å². The van der Waals surface area contributed by atoms with Gasteiger partial charge in [-0.15, -0.1) is 0 Å². The van der Waals surface area contributed by atoms with Crippen molar-refractivity contribution < 1.29 is 19.4 Å². The molecule has 1 amide bonds. The fourth-order valence-corrected chi connectivity index (χ4v) is 2.58. The van der Waals surface area contributed by atoms with E-state index in [2.05, 4.69) is 0 Å². The van der Waals surface area contributed by atoms with E-state index < -0.39 is 5.97 Å². The lowest BCUT2D eigenvalue weighted by molar-refractivity contribution is -0.138. The quantitative estimate of drug-likeness (QED) is 0.835. The Morgan fingerprint density at radius 1 is 1.33 bits per heavy atom. The predicted molar refractivity (Wildman–Crippen MR) is 78.3 cm³/mol. The van der Waals surface area contributed by atoms with Crippen molar-refractivity contribution in [2.24, 2.45) is 5.92 Å². The summed E-state index contributed by atoms with van der Waals surface area (Å²) in [5, 5.41) is 8.72. The molecule has 2 unspecified atom stereocenters. The minimum absolute atomic E-state index is 0.000494. The Kier molecular flexibility index (Phi) is 4.83. The Labute approximate surface area is 124 Å². The number of carbonyl (C=O) groups is 2. The van der Waals surface area contributed by atoms with Crippen molar-refractivity contribution in [2.45, 2.75) is 25.7 Å². The molecule has 0 heterocycles. The zero-order chi connectivity index (χ0) is 15.4. The monoisotopic (exact) mass is 291 g/mol. The van der Waals surface area contributed by atoms with Crippen molar-refractivity contribution in [1.29, 1.82) is 0 Å². The number of carboxylic acid groups (broad SMARTS) is 1. The summed E-state index contributed by atoms with van der Waals surface area (Å²) in [4.78, 5) is 24.6. The minimum Gasteiger partial charge on any atom is -0.497 e. The topological polar surface area (TPSA) is 66.8 Å². The first-order valence-electron chi connectivity index (χ1n) is 7.21. The van der Waals surface area contributed by atoms with E-state index in [-0.39, 0.29) is 30.7 Å². The van der Waals surface area contributed by atoms with Crippen LogP contribution in [0, 0.1) is 5.92 Å². The predicted octanol–water partition coefficient (Wildman–Crippen LogP) is 2.12. The molecule has 114 valence electrons. The molecule has 5 nitrogen and oxygen atoms in total. The van der Waals surface area contributed by atoms with Crippen LogP contribution in [0.4, 0.5) is 0 Å². The van der Waals surface area contributed by atoms with Crippen LogP contribution in [0.1, 0.15) is 31.2 Å². The number of ether oxygens (including phenoxy) is 1. The van der Waals surface area contributed by atoms with E-state index in [1.54, 1.807) is 12.0 Å².